The van der Waals surface area contributed by atoms with Gasteiger partial charge in [0.25, 0.3) is 0 Å². The van der Waals surface area contributed by atoms with Crippen LogP contribution in [0.4, 0.5) is 5.69 Å². The smallest absolute Gasteiger partial charge is 0.128 e. The Labute approximate surface area is 113 Å². The van der Waals surface area contributed by atoms with Gasteiger partial charge in [0.15, 0.2) is 0 Å². The van der Waals surface area contributed by atoms with E-state index in [9.17, 15) is 0 Å². The molecule has 0 radical (unpaired) electrons. The Morgan fingerprint density at radius 2 is 1.95 bits per heavy atom. The number of benzene rings is 2. The second kappa shape index (κ2) is 6.59. The third kappa shape index (κ3) is 3.58. The number of methoxy groups -OCH3 is 1. The monoisotopic (exact) mass is 255 g/mol. The molecule has 19 heavy (non-hydrogen) atoms. The molecular formula is C16H17NO2. The number of hydrogen-bond donors (Lipinski definition) is 0. The highest BCUT2D eigenvalue weighted by Crippen LogP contribution is 2.21. The first-order valence-corrected chi connectivity index (χ1v) is 6.23. The summed E-state index contributed by atoms with van der Waals surface area (Å²) in [6.07, 6.45) is 1.81. The third-order valence-electron chi connectivity index (χ3n) is 2.62. The van der Waals surface area contributed by atoms with Crippen molar-refractivity contribution in [3.05, 3.63) is 54.1 Å². The Morgan fingerprint density at radius 3 is 2.74 bits per heavy atom. The van der Waals surface area contributed by atoms with Crippen LogP contribution >= 0.6 is 0 Å². The fourth-order valence-corrected chi connectivity index (χ4v) is 1.71. The number of ether oxygens (including phenoxy) is 2. The highest BCUT2D eigenvalue weighted by molar-refractivity contribution is 5.85. The summed E-state index contributed by atoms with van der Waals surface area (Å²) in [5.74, 6) is 1.64. The van der Waals surface area contributed by atoms with Gasteiger partial charge in [0.05, 0.1) is 19.4 Å². The van der Waals surface area contributed by atoms with E-state index in [0.717, 1.165) is 22.7 Å². The average molecular weight is 255 g/mol. The van der Waals surface area contributed by atoms with E-state index in [-0.39, 0.29) is 0 Å². The number of aliphatic imine (C=N–C) groups is 1. The van der Waals surface area contributed by atoms with E-state index in [1.165, 1.54) is 0 Å². The third-order valence-corrected chi connectivity index (χ3v) is 2.62. The summed E-state index contributed by atoms with van der Waals surface area (Å²) in [4.78, 5) is 4.44. The van der Waals surface area contributed by atoms with Crippen LogP contribution in [-0.4, -0.2) is 19.9 Å². The molecular weight excluding hydrogens is 238 g/mol. The van der Waals surface area contributed by atoms with Crippen molar-refractivity contribution in [1.29, 1.82) is 0 Å². The molecule has 2 aromatic carbocycles. The van der Waals surface area contributed by atoms with Crippen LogP contribution < -0.4 is 9.47 Å². The first kappa shape index (κ1) is 13.1. The molecule has 2 aromatic rings. The lowest BCUT2D eigenvalue weighted by molar-refractivity contribution is 0.340. The fourth-order valence-electron chi connectivity index (χ4n) is 1.71. The minimum Gasteiger partial charge on any atom is -0.497 e. The van der Waals surface area contributed by atoms with Crippen LogP contribution in [0.25, 0.3) is 0 Å². The Bertz CT molecular complexity index is 564. The molecule has 0 saturated carbocycles. The van der Waals surface area contributed by atoms with Crippen LogP contribution in [0, 0.1) is 0 Å². The van der Waals surface area contributed by atoms with Crippen molar-refractivity contribution in [3.8, 4) is 11.5 Å². The summed E-state index contributed by atoms with van der Waals surface area (Å²) in [5.41, 5.74) is 1.82. The number of nitrogens with zero attached hydrogens (tertiary/aromatic N) is 1. The summed E-state index contributed by atoms with van der Waals surface area (Å²) < 4.78 is 10.7. The molecule has 0 spiro atoms. The maximum absolute atomic E-state index is 5.55. The van der Waals surface area contributed by atoms with Crippen LogP contribution in [0.2, 0.25) is 0 Å². The summed E-state index contributed by atoms with van der Waals surface area (Å²) >= 11 is 0. The minimum absolute atomic E-state index is 0.643. The highest BCUT2D eigenvalue weighted by atomic mass is 16.5. The molecule has 0 aliphatic rings. The quantitative estimate of drug-likeness (QED) is 0.760. The zero-order chi connectivity index (χ0) is 13.5. The Hall–Kier alpha value is -2.29. The molecule has 3 nitrogen and oxygen atoms in total. The average Bonchev–Trinajstić information content (AvgIpc) is 2.47. The van der Waals surface area contributed by atoms with Gasteiger partial charge in [0.2, 0.25) is 0 Å². The zero-order valence-electron chi connectivity index (χ0n) is 11.2. The van der Waals surface area contributed by atoms with Crippen LogP contribution in [-0.2, 0) is 0 Å². The van der Waals surface area contributed by atoms with Gasteiger partial charge in [0, 0.05) is 17.8 Å². The van der Waals surface area contributed by atoms with Crippen LogP contribution in [0.5, 0.6) is 11.5 Å². The molecule has 0 fully saturated rings. The lowest BCUT2D eigenvalue weighted by atomic mass is 10.2. The second-order valence-electron chi connectivity index (χ2n) is 3.93. The number of hydrogen-bond acceptors (Lipinski definition) is 3. The second-order valence-corrected chi connectivity index (χ2v) is 3.93. The van der Waals surface area contributed by atoms with E-state index in [0.29, 0.717) is 6.61 Å². The molecule has 2 rings (SSSR count). The summed E-state index contributed by atoms with van der Waals surface area (Å²) in [7, 11) is 1.65. The van der Waals surface area contributed by atoms with E-state index >= 15 is 0 Å². The van der Waals surface area contributed by atoms with Gasteiger partial charge in [0.1, 0.15) is 11.5 Å². The molecule has 0 amide bonds. The van der Waals surface area contributed by atoms with Gasteiger partial charge in [-0.15, -0.1) is 0 Å². The molecule has 0 atom stereocenters. The topological polar surface area (TPSA) is 30.8 Å². The molecule has 0 bridgehead atoms. The van der Waals surface area contributed by atoms with Crippen molar-refractivity contribution in [2.45, 2.75) is 6.92 Å². The van der Waals surface area contributed by atoms with Crippen LogP contribution in [0.15, 0.2) is 53.5 Å². The number of rotatable bonds is 5. The number of para-hydroxylation sites is 1. The maximum Gasteiger partial charge on any atom is 0.128 e. The molecule has 98 valence electrons. The molecule has 0 unspecified atom stereocenters. The Balaban J connectivity index is 2.22. The van der Waals surface area contributed by atoms with Crippen LogP contribution in [0.3, 0.4) is 0 Å². The van der Waals surface area contributed by atoms with Gasteiger partial charge in [-0.1, -0.05) is 18.2 Å². The van der Waals surface area contributed by atoms with Gasteiger partial charge in [-0.3, -0.25) is 4.99 Å². The lowest BCUT2D eigenvalue weighted by Crippen LogP contribution is -1.95. The Morgan fingerprint density at radius 1 is 1.11 bits per heavy atom. The predicted octanol–water partition coefficient (Wildman–Crippen LogP) is 3.84. The molecule has 0 aliphatic heterocycles. The SMILES string of the molecule is CCOc1ccccc1C=Nc1cccc(OC)c1. The van der Waals surface area contributed by atoms with E-state index in [1.54, 1.807) is 13.3 Å². The summed E-state index contributed by atoms with van der Waals surface area (Å²) in [6, 6.07) is 15.5. The maximum atomic E-state index is 5.55. The molecule has 0 saturated heterocycles. The normalized spacial score (nSPS) is 10.6. The molecule has 0 heterocycles. The van der Waals surface area contributed by atoms with Crippen LogP contribution in [0.1, 0.15) is 12.5 Å². The van der Waals surface area contributed by atoms with Gasteiger partial charge in [-0.05, 0) is 31.2 Å². The first-order chi connectivity index (χ1) is 9.33. The van der Waals surface area contributed by atoms with Crippen molar-refractivity contribution in [3.63, 3.8) is 0 Å². The van der Waals surface area contributed by atoms with Gasteiger partial charge < -0.3 is 9.47 Å². The van der Waals surface area contributed by atoms with Crippen molar-refractivity contribution in [2.24, 2.45) is 4.99 Å². The van der Waals surface area contributed by atoms with E-state index < -0.39 is 0 Å². The van der Waals surface area contributed by atoms with E-state index in [2.05, 4.69) is 4.99 Å². The summed E-state index contributed by atoms with van der Waals surface area (Å²) in [5, 5.41) is 0. The first-order valence-electron chi connectivity index (χ1n) is 6.23. The van der Waals surface area contributed by atoms with E-state index in [1.807, 2.05) is 55.5 Å². The van der Waals surface area contributed by atoms with Gasteiger partial charge in [-0.2, -0.15) is 0 Å². The molecule has 3 heteroatoms. The van der Waals surface area contributed by atoms with E-state index in [4.69, 9.17) is 9.47 Å². The Kier molecular flexibility index (Phi) is 4.56. The van der Waals surface area contributed by atoms with Crippen molar-refractivity contribution < 1.29 is 9.47 Å². The predicted molar refractivity (Wildman–Crippen MR) is 77.9 cm³/mol. The fraction of sp³-hybridized carbons (Fsp3) is 0.188. The molecule has 0 N–H and O–H groups in total. The van der Waals surface area contributed by atoms with Crippen molar-refractivity contribution >= 4 is 11.9 Å². The molecule has 0 aromatic heterocycles. The highest BCUT2D eigenvalue weighted by Gasteiger charge is 1.99. The van der Waals surface area contributed by atoms with Crippen molar-refractivity contribution in [1.82, 2.24) is 0 Å². The largest absolute Gasteiger partial charge is 0.497 e. The lowest BCUT2D eigenvalue weighted by Gasteiger charge is -2.05. The standard InChI is InChI=1S/C16H17NO2/c1-3-19-16-10-5-4-7-13(16)12-17-14-8-6-9-15(11-14)18-2/h4-12H,3H2,1-2H3. The minimum atomic E-state index is 0.643. The zero-order valence-corrected chi connectivity index (χ0v) is 11.2. The molecule has 0 aliphatic carbocycles. The van der Waals surface area contributed by atoms with Crippen molar-refractivity contribution in [2.75, 3.05) is 13.7 Å². The summed E-state index contributed by atoms with van der Waals surface area (Å²) in [6.45, 7) is 2.61. The van der Waals surface area contributed by atoms with Gasteiger partial charge in [-0.25, -0.2) is 0 Å². The van der Waals surface area contributed by atoms with Gasteiger partial charge >= 0.3 is 0 Å².